The standard InChI is InChI=1S/C21H21FN2O3S/c1-14-4-2-5-16(10-14)27-13-20(25)24(12-17-6-3-9-26-17)21-23-18-8-7-15(22)11-19(18)28-21/h2,4-5,7-8,10-11,17H,3,6,9,12-13H2,1H3. The van der Waals surface area contributed by atoms with Crippen LogP contribution in [0.3, 0.4) is 0 Å². The number of carbonyl (C=O) groups excluding carboxylic acids is 1. The van der Waals surface area contributed by atoms with Crippen molar-refractivity contribution in [3.63, 3.8) is 0 Å². The minimum absolute atomic E-state index is 0.0216. The molecular weight excluding hydrogens is 379 g/mol. The van der Waals surface area contributed by atoms with Crippen LogP contribution in [0.15, 0.2) is 42.5 Å². The van der Waals surface area contributed by atoms with Crippen LogP contribution in [0.4, 0.5) is 9.52 Å². The summed E-state index contributed by atoms with van der Waals surface area (Å²) in [7, 11) is 0. The Kier molecular flexibility index (Phi) is 5.54. The van der Waals surface area contributed by atoms with Crippen molar-refractivity contribution in [3.05, 3.63) is 53.8 Å². The number of ether oxygens (including phenoxy) is 2. The van der Waals surface area contributed by atoms with Crippen LogP contribution in [0.25, 0.3) is 10.2 Å². The van der Waals surface area contributed by atoms with Gasteiger partial charge in [-0.05, 0) is 55.7 Å². The molecule has 0 aliphatic carbocycles. The van der Waals surface area contributed by atoms with E-state index in [-0.39, 0.29) is 24.4 Å². The molecule has 1 amide bonds. The van der Waals surface area contributed by atoms with Crippen LogP contribution in [0.2, 0.25) is 0 Å². The highest BCUT2D eigenvalue weighted by atomic mass is 32.1. The lowest BCUT2D eigenvalue weighted by molar-refractivity contribution is -0.120. The molecule has 1 saturated heterocycles. The minimum atomic E-state index is -0.317. The van der Waals surface area contributed by atoms with Crippen LogP contribution in [-0.4, -0.2) is 36.8 Å². The zero-order valence-corrected chi connectivity index (χ0v) is 16.4. The number of hydrogen-bond acceptors (Lipinski definition) is 5. The zero-order valence-electron chi connectivity index (χ0n) is 15.6. The van der Waals surface area contributed by atoms with Gasteiger partial charge in [-0.2, -0.15) is 0 Å². The Labute approximate surface area is 166 Å². The van der Waals surface area contributed by atoms with Crippen molar-refractivity contribution in [1.82, 2.24) is 4.98 Å². The van der Waals surface area contributed by atoms with E-state index >= 15 is 0 Å². The highest BCUT2D eigenvalue weighted by Gasteiger charge is 2.26. The summed E-state index contributed by atoms with van der Waals surface area (Å²) in [5.74, 6) is 0.135. The highest BCUT2D eigenvalue weighted by molar-refractivity contribution is 7.22. The van der Waals surface area contributed by atoms with Gasteiger partial charge in [0.2, 0.25) is 0 Å². The van der Waals surface area contributed by atoms with Crippen molar-refractivity contribution < 1.29 is 18.7 Å². The van der Waals surface area contributed by atoms with E-state index in [4.69, 9.17) is 9.47 Å². The molecule has 0 N–H and O–H groups in total. The van der Waals surface area contributed by atoms with Crippen LogP contribution in [0, 0.1) is 12.7 Å². The second-order valence-electron chi connectivity index (χ2n) is 6.85. The number of carbonyl (C=O) groups is 1. The summed E-state index contributed by atoms with van der Waals surface area (Å²) < 4.78 is 25.6. The number of fused-ring (bicyclic) bond motifs is 1. The smallest absolute Gasteiger partial charge is 0.266 e. The summed E-state index contributed by atoms with van der Waals surface area (Å²) in [5.41, 5.74) is 1.74. The summed E-state index contributed by atoms with van der Waals surface area (Å²) in [5, 5.41) is 0.536. The van der Waals surface area contributed by atoms with E-state index in [1.54, 1.807) is 11.0 Å². The van der Waals surface area contributed by atoms with E-state index in [2.05, 4.69) is 4.98 Å². The first-order chi connectivity index (χ1) is 13.6. The number of halogens is 1. The summed E-state index contributed by atoms with van der Waals surface area (Å²) >= 11 is 1.30. The number of aryl methyl sites for hydroxylation is 1. The Morgan fingerprint density at radius 3 is 3.04 bits per heavy atom. The van der Waals surface area contributed by atoms with Crippen molar-refractivity contribution >= 4 is 32.6 Å². The molecule has 28 heavy (non-hydrogen) atoms. The molecule has 2 heterocycles. The summed E-state index contributed by atoms with van der Waals surface area (Å²) in [6, 6.07) is 12.0. The van der Waals surface area contributed by atoms with Gasteiger partial charge in [0.1, 0.15) is 11.6 Å². The second-order valence-corrected chi connectivity index (χ2v) is 7.86. The van der Waals surface area contributed by atoms with Gasteiger partial charge in [0.15, 0.2) is 11.7 Å². The normalized spacial score (nSPS) is 16.4. The average molecular weight is 400 g/mol. The van der Waals surface area contributed by atoms with Crippen LogP contribution < -0.4 is 9.64 Å². The molecule has 1 fully saturated rings. The molecular formula is C21H21FN2O3S. The van der Waals surface area contributed by atoms with E-state index < -0.39 is 0 Å². The summed E-state index contributed by atoms with van der Waals surface area (Å²) in [4.78, 5) is 19.1. The van der Waals surface area contributed by atoms with Gasteiger partial charge >= 0.3 is 0 Å². The van der Waals surface area contributed by atoms with Crippen molar-refractivity contribution in [1.29, 1.82) is 0 Å². The molecule has 146 valence electrons. The van der Waals surface area contributed by atoms with Crippen LogP contribution in [0.1, 0.15) is 18.4 Å². The maximum Gasteiger partial charge on any atom is 0.266 e. The summed E-state index contributed by atoms with van der Waals surface area (Å²) in [6.45, 7) is 3.00. The van der Waals surface area contributed by atoms with E-state index in [0.717, 1.165) is 18.4 Å². The molecule has 0 spiro atoms. The molecule has 1 aliphatic rings. The first kappa shape index (κ1) is 18.8. The van der Waals surface area contributed by atoms with E-state index in [0.29, 0.717) is 34.2 Å². The lowest BCUT2D eigenvalue weighted by atomic mass is 10.2. The van der Waals surface area contributed by atoms with Crippen molar-refractivity contribution in [2.24, 2.45) is 0 Å². The average Bonchev–Trinajstić information content (AvgIpc) is 3.33. The molecule has 0 bridgehead atoms. The minimum Gasteiger partial charge on any atom is -0.484 e. The molecule has 0 saturated carbocycles. The first-order valence-corrected chi connectivity index (χ1v) is 10.1. The third-order valence-corrected chi connectivity index (χ3v) is 5.67. The molecule has 5 nitrogen and oxygen atoms in total. The van der Waals surface area contributed by atoms with Gasteiger partial charge in [-0.15, -0.1) is 0 Å². The highest BCUT2D eigenvalue weighted by Crippen LogP contribution is 2.30. The Balaban J connectivity index is 1.55. The predicted octanol–water partition coefficient (Wildman–Crippen LogP) is 4.33. The number of benzene rings is 2. The monoisotopic (exact) mass is 400 g/mol. The van der Waals surface area contributed by atoms with Gasteiger partial charge in [0.05, 0.1) is 22.9 Å². The molecule has 7 heteroatoms. The largest absolute Gasteiger partial charge is 0.484 e. The number of nitrogens with zero attached hydrogens (tertiary/aromatic N) is 2. The van der Waals surface area contributed by atoms with Crippen LogP contribution >= 0.6 is 11.3 Å². The number of anilines is 1. The molecule has 4 rings (SSSR count). The Hall–Kier alpha value is -2.51. The van der Waals surface area contributed by atoms with Crippen LogP contribution in [0.5, 0.6) is 5.75 Å². The van der Waals surface area contributed by atoms with Gasteiger partial charge in [0, 0.05) is 6.61 Å². The predicted molar refractivity (Wildman–Crippen MR) is 108 cm³/mol. The molecule has 3 aromatic rings. The SMILES string of the molecule is Cc1cccc(OCC(=O)N(CC2CCCO2)c2nc3ccc(F)cc3s2)c1. The molecule has 2 aromatic carbocycles. The van der Waals surface area contributed by atoms with Crippen molar-refractivity contribution in [2.45, 2.75) is 25.9 Å². The van der Waals surface area contributed by atoms with Gasteiger partial charge in [-0.1, -0.05) is 23.5 Å². The van der Waals surface area contributed by atoms with Gasteiger partial charge < -0.3 is 9.47 Å². The molecule has 1 aliphatic heterocycles. The second kappa shape index (κ2) is 8.24. The fourth-order valence-corrected chi connectivity index (χ4v) is 4.23. The topological polar surface area (TPSA) is 51.7 Å². The Morgan fingerprint density at radius 2 is 2.25 bits per heavy atom. The fourth-order valence-electron chi connectivity index (χ4n) is 3.21. The number of hydrogen-bond donors (Lipinski definition) is 0. The number of aromatic nitrogens is 1. The maximum atomic E-state index is 13.5. The number of thiazole rings is 1. The van der Waals surface area contributed by atoms with E-state index in [1.807, 2.05) is 31.2 Å². The van der Waals surface area contributed by atoms with Crippen molar-refractivity contribution in [3.8, 4) is 5.75 Å². The Morgan fingerprint density at radius 1 is 1.36 bits per heavy atom. The maximum absolute atomic E-state index is 13.5. The van der Waals surface area contributed by atoms with Crippen LogP contribution in [-0.2, 0) is 9.53 Å². The number of amides is 1. The first-order valence-electron chi connectivity index (χ1n) is 9.26. The van der Waals surface area contributed by atoms with Gasteiger partial charge in [0.25, 0.3) is 5.91 Å². The quantitative estimate of drug-likeness (QED) is 0.618. The van der Waals surface area contributed by atoms with E-state index in [9.17, 15) is 9.18 Å². The third kappa shape index (κ3) is 4.31. The fraction of sp³-hybridized carbons (Fsp3) is 0.333. The Bertz CT molecular complexity index is 985. The molecule has 1 unspecified atom stereocenters. The van der Waals surface area contributed by atoms with Crippen molar-refractivity contribution in [2.75, 3.05) is 24.7 Å². The lowest BCUT2D eigenvalue weighted by Crippen LogP contribution is -2.40. The third-order valence-electron chi connectivity index (χ3n) is 4.63. The summed E-state index contributed by atoms with van der Waals surface area (Å²) in [6.07, 6.45) is 1.87. The molecule has 1 atom stereocenters. The zero-order chi connectivity index (χ0) is 19.5. The van der Waals surface area contributed by atoms with Gasteiger partial charge in [-0.3, -0.25) is 9.69 Å². The number of rotatable bonds is 6. The van der Waals surface area contributed by atoms with Gasteiger partial charge in [-0.25, -0.2) is 9.37 Å². The molecule has 1 aromatic heterocycles. The lowest BCUT2D eigenvalue weighted by Gasteiger charge is -2.23. The molecule has 0 radical (unpaired) electrons. The van der Waals surface area contributed by atoms with E-state index in [1.165, 1.54) is 23.5 Å².